The van der Waals surface area contributed by atoms with Gasteiger partial charge in [0.2, 0.25) is 28.6 Å². The zero-order valence-electron chi connectivity index (χ0n) is 20.7. The molecule has 0 bridgehead atoms. The average molecular weight is 522 g/mol. The fourth-order valence-corrected chi connectivity index (χ4v) is 4.74. The predicted octanol–water partition coefficient (Wildman–Crippen LogP) is 3.04. The van der Waals surface area contributed by atoms with Crippen molar-refractivity contribution in [2.75, 3.05) is 29.9 Å². The van der Waals surface area contributed by atoms with Crippen LogP contribution in [0, 0.1) is 5.82 Å². The third kappa shape index (κ3) is 6.45. The molecule has 0 aromatic heterocycles. The fourth-order valence-electron chi connectivity index (χ4n) is 3.69. The van der Waals surface area contributed by atoms with E-state index in [0.717, 1.165) is 17.1 Å². The van der Waals surface area contributed by atoms with Crippen LogP contribution in [0.25, 0.3) is 0 Å². The number of nitrogens with one attached hydrogen (secondary N) is 1. The quantitative estimate of drug-likeness (QED) is 0.431. The maximum absolute atomic E-state index is 14.5. The van der Waals surface area contributed by atoms with Gasteiger partial charge in [-0.15, -0.1) is 0 Å². The number of nitrogens with zero attached hydrogens (tertiary/aromatic N) is 2. The van der Waals surface area contributed by atoms with Gasteiger partial charge in [-0.2, -0.15) is 0 Å². The van der Waals surface area contributed by atoms with E-state index in [0.29, 0.717) is 18.0 Å². The number of sulfonamides is 1. The van der Waals surface area contributed by atoms with Crippen molar-refractivity contribution in [3.05, 3.63) is 53.8 Å². The molecule has 1 unspecified atom stereocenters. The van der Waals surface area contributed by atoms with Crippen LogP contribution in [0.4, 0.5) is 10.1 Å². The van der Waals surface area contributed by atoms with Crippen LogP contribution in [0.1, 0.15) is 39.2 Å². The lowest BCUT2D eigenvalue weighted by molar-refractivity contribution is -0.139. The molecule has 1 aliphatic heterocycles. The summed E-state index contributed by atoms with van der Waals surface area (Å²) in [6, 6.07) is 9.58. The minimum Gasteiger partial charge on any atom is -0.454 e. The molecule has 2 aromatic rings. The first-order valence-electron chi connectivity index (χ1n) is 11.9. The minimum absolute atomic E-state index is 0.0132. The first-order valence-corrected chi connectivity index (χ1v) is 13.5. The molecule has 0 aliphatic carbocycles. The molecule has 0 saturated heterocycles. The van der Waals surface area contributed by atoms with E-state index in [2.05, 4.69) is 5.32 Å². The molecule has 2 aromatic carbocycles. The first kappa shape index (κ1) is 27.3. The van der Waals surface area contributed by atoms with Gasteiger partial charge in [0.25, 0.3) is 0 Å². The second-order valence-electron chi connectivity index (χ2n) is 8.38. The molecule has 0 radical (unpaired) electrons. The summed E-state index contributed by atoms with van der Waals surface area (Å²) >= 11 is 0. The number of benzene rings is 2. The van der Waals surface area contributed by atoms with Gasteiger partial charge < -0.3 is 19.7 Å². The topological polar surface area (TPSA) is 105 Å². The molecule has 1 atom stereocenters. The Labute approximate surface area is 211 Å². The molecule has 1 N–H and O–H groups in total. The summed E-state index contributed by atoms with van der Waals surface area (Å²) in [5.74, 6) is -0.995. The summed E-state index contributed by atoms with van der Waals surface area (Å²) in [7, 11) is -3.89. The van der Waals surface area contributed by atoms with E-state index in [1.54, 1.807) is 19.1 Å². The van der Waals surface area contributed by atoms with Gasteiger partial charge >= 0.3 is 0 Å². The molecule has 0 spiro atoms. The number of carbonyl (C=O) groups excluding carboxylic acids is 2. The molecule has 1 heterocycles. The molecule has 2 amide bonds. The summed E-state index contributed by atoms with van der Waals surface area (Å²) < 4.78 is 52.1. The van der Waals surface area contributed by atoms with Gasteiger partial charge in [0.05, 0.1) is 11.4 Å². The van der Waals surface area contributed by atoms with Crippen molar-refractivity contribution in [2.45, 2.75) is 46.2 Å². The van der Waals surface area contributed by atoms with E-state index in [-0.39, 0.29) is 30.3 Å². The molecule has 1 aliphatic rings. The lowest BCUT2D eigenvalue weighted by atomic mass is 10.1. The Balaban J connectivity index is 1.92. The summed E-state index contributed by atoms with van der Waals surface area (Å²) in [6.45, 7) is 4.68. The van der Waals surface area contributed by atoms with E-state index < -0.39 is 40.2 Å². The van der Waals surface area contributed by atoms with E-state index in [1.165, 1.54) is 42.2 Å². The lowest BCUT2D eigenvalue weighted by Gasteiger charge is -2.32. The number of amides is 2. The molecular formula is C25H32FN3O6S. The Bertz CT molecular complexity index is 1190. The van der Waals surface area contributed by atoms with Crippen molar-refractivity contribution < 1.29 is 31.9 Å². The largest absolute Gasteiger partial charge is 0.454 e. The van der Waals surface area contributed by atoms with Crippen LogP contribution in [0.2, 0.25) is 0 Å². The van der Waals surface area contributed by atoms with E-state index in [1.807, 2.05) is 6.92 Å². The van der Waals surface area contributed by atoms with Crippen molar-refractivity contribution in [1.82, 2.24) is 10.2 Å². The monoisotopic (exact) mass is 521 g/mol. The van der Waals surface area contributed by atoms with Crippen molar-refractivity contribution in [3.8, 4) is 11.5 Å². The average Bonchev–Trinajstić information content (AvgIpc) is 3.34. The van der Waals surface area contributed by atoms with Gasteiger partial charge in [0.1, 0.15) is 18.4 Å². The summed E-state index contributed by atoms with van der Waals surface area (Å²) in [5, 5.41) is 2.78. The molecule has 3 rings (SSSR count). The Kier molecular flexibility index (Phi) is 9.14. The number of unbranched alkanes of at least 4 members (excludes halogenated alkanes) is 1. The second-order valence-corrected chi connectivity index (χ2v) is 10.6. The zero-order chi connectivity index (χ0) is 26.3. The number of anilines is 1. The third-order valence-corrected chi connectivity index (χ3v) is 7.66. The molecule has 11 heteroatoms. The highest BCUT2D eigenvalue weighted by molar-refractivity contribution is 7.92. The standard InChI is InChI=1S/C25H32FN3O6S/c1-4-6-13-27-25(31)18(3)28(15-19-9-7-8-10-21(19)26)24(30)16-29(36(32,33)5-2)20-11-12-22-23(14-20)35-17-34-22/h7-12,14,18H,4-6,13,15-17H2,1-3H3,(H,27,31). The number of ether oxygens (including phenoxy) is 2. The first-order chi connectivity index (χ1) is 17.2. The Hall–Kier alpha value is -3.34. The number of fused-ring (bicyclic) bond motifs is 1. The number of halogens is 1. The van der Waals surface area contributed by atoms with Gasteiger partial charge in [-0.1, -0.05) is 31.5 Å². The molecule has 9 nitrogen and oxygen atoms in total. The molecular weight excluding hydrogens is 489 g/mol. The van der Waals surface area contributed by atoms with Crippen LogP contribution in [-0.4, -0.2) is 56.8 Å². The smallest absolute Gasteiger partial charge is 0.244 e. The number of hydrogen-bond donors (Lipinski definition) is 1. The number of rotatable bonds is 12. The van der Waals surface area contributed by atoms with E-state index in [4.69, 9.17) is 9.47 Å². The Morgan fingerprint density at radius 1 is 1.11 bits per heavy atom. The van der Waals surface area contributed by atoms with Crippen molar-refractivity contribution in [3.63, 3.8) is 0 Å². The number of carbonyl (C=O) groups is 2. The Morgan fingerprint density at radius 2 is 1.83 bits per heavy atom. The maximum Gasteiger partial charge on any atom is 0.244 e. The summed E-state index contributed by atoms with van der Waals surface area (Å²) in [4.78, 5) is 27.6. The lowest BCUT2D eigenvalue weighted by Crippen LogP contribution is -2.51. The van der Waals surface area contributed by atoms with Crippen LogP contribution in [0.15, 0.2) is 42.5 Å². The minimum atomic E-state index is -3.89. The Morgan fingerprint density at radius 3 is 2.53 bits per heavy atom. The molecule has 36 heavy (non-hydrogen) atoms. The van der Waals surface area contributed by atoms with Crippen LogP contribution in [-0.2, 0) is 26.2 Å². The van der Waals surface area contributed by atoms with Crippen LogP contribution < -0.4 is 19.1 Å². The molecule has 0 saturated carbocycles. The highest BCUT2D eigenvalue weighted by atomic mass is 32.2. The SMILES string of the molecule is CCCCNC(=O)C(C)N(Cc1ccccc1F)C(=O)CN(c1ccc2c(c1)OCO2)S(=O)(=O)CC. The third-order valence-electron chi connectivity index (χ3n) is 5.92. The molecule has 0 fully saturated rings. The van der Waals surface area contributed by atoms with Gasteiger partial charge in [0.15, 0.2) is 11.5 Å². The maximum atomic E-state index is 14.5. The normalized spacial score (nSPS) is 13.2. The van der Waals surface area contributed by atoms with E-state index >= 15 is 0 Å². The van der Waals surface area contributed by atoms with Gasteiger partial charge in [-0.25, -0.2) is 12.8 Å². The van der Waals surface area contributed by atoms with E-state index in [9.17, 15) is 22.4 Å². The second kappa shape index (κ2) is 12.1. The fraction of sp³-hybridized carbons (Fsp3) is 0.440. The summed E-state index contributed by atoms with van der Waals surface area (Å²) in [5.41, 5.74) is 0.437. The van der Waals surface area contributed by atoms with Crippen molar-refractivity contribution >= 4 is 27.5 Å². The van der Waals surface area contributed by atoms with Crippen LogP contribution in [0.3, 0.4) is 0 Å². The highest BCUT2D eigenvalue weighted by Gasteiger charge is 2.32. The van der Waals surface area contributed by atoms with Crippen molar-refractivity contribution in [2.24, 2.45) is 0 Å². The number of hydrogen-bond acceptors (Lipinski definition) is 6. The van der Waals surface area contributed by atoms with Gasteiger partial charge in [0, 0.05) is 24.7 Å². The predicted molar refractivity (Wildman–Crippen MR) is 134 cm³/mol. The van der Waals surface area contributed by atoms with Gasteiger partial charge in [-0.3, -0.25) is 13.9 Å². The summed E-state index contributed by atoms with van der Waals surface area (Å²) in [6.07, 6.45) is 1.65. The zero-order valence-corrected chi connectivity index (χ0v) is 21.5. The highest BCUT2D eigenvalue weighted by Crippen LogP contribution is 2.36. The van der Waals surface area contributed by atoms with Crippen LogP contribution in [0.5, 0.6) is 11.5 Å². The molecule has 196 valence electrons. The van der Waals surface area contributed by atoms with Gasteiger partial charge in [-0.05, 0) is 38.5 Å². The van der Waals surface area contributed by atoms with Crippen molar-refractivity contribution in [1.29, 1.82) is 0 Å². The van der Waals surface area contributed by atoms with Crippen LogP contribution >= 0.6 is 0 Å².